The number of benzene rings is 3. The summed E-state index contributed by atoms with van der Waals surface area (Å²) in [6.45, 7) is 0. The van der Waals surface area contributed by atoms with Crippen LogP contribution in [0.2, 0.25) is 10.0 Å². The van der Waals surface area contributed by atoms with Crippen molar-refractivity contribution in [2.75, 3.05) is 0 Å². The largest absolute Gasteiger partial charge is 0.510 e. The Kier molecular flexibility index (Phi) is 7.46. The first-order chi connectivity index (χ1) is 15.5. The Morgan fingerprint density at radius 2 is 1.56 bits per heavy atom. The second-order valence-corrected chi connectivity index (χ2v) is 9.42. The molecule has 1 heterocycles. The molecule has 3 aromatic carbocycles. The maximum absolute atomic E-state index is 12.8. The Balaban J connectivity index is 1.60. The molecule has 0 amide bonds. The Labute approximate surface area is 202 Å². The summed E-state index contributed by atoms with van der Waals surface area (Å²) in [6.07, 6.45) is 0.697. The minimum absolute atomic E-state index is 0.0936. The third-order valence-electron chi connectivity index (χ3n) is 5.45. The topological polar surface area (TPSA) is 46.5 Å². The molecule has 0 bridgehead atoms. The van der Waals surface area contributed by atoms with Crippen LogP contribution in [0.15, 0.2) is 89.5 Å². The number of thioether (sulfide) groups is 1. The lowest BCUT2D eigenvalue weighted by molar-refractivity contribution is -0.149. The van der Waals surface area contributed by atoms with Gasteiger partial charge < -0.3 is 9.84 Å². The molecular weight excluding hydrogens is 463 g/mol. The predicted molar refractivity (Wildman–Crippen MR) is 131 cm³/mol. The van der Waals surface area contributed by atoms with Crippen molar-refractivity contribution in [3.8, 4) is 0 Å². The average Bonchev–Trinajstić information content (AvgIpc) is 2.81. The van der Waals surface area contributed by atoms with E-state index in [2.05, 4.69) is 0 Å². The number of aliphatic hydroxyl groups excluding tert-OH is 1. The molecule has 6 heteroatoms. The van der Waals surface area contributed by atoms with Crippen molar-refractivity contribution in [3.05, 3.63) is 116 Å². The van der Waals surface area contributed by atoms with Gasteiger partial charge in [0.15, 0.2) is 0 Å². The van der Waals surface area contributed by atoms with Crippen molar-refractivity contribution >= 4 is 40.9 Å². The van der Waals surface area contributed by atoms with Gasteiger partial charge in [-0.15, -0.1) is 11.8 Å². The molecule has 2 unspecified atom stereocenters. The van der Waals surface area contributed by atoms with Gasteiger partial charge in [0.05, 0.1) is 16.0 Å². The summed E-state index contributed by atoms with van der Waals surface area (Å²) in [7, 11) is 0. The molecule has 32 heavy (non-hydrogen) atoms. The first kappa shape index (κ1) is 22.8. The molecule has 164 valence electrons. The van der Waals surface area contributed by atoms with Gasteiger partial charge in [-0.3, -0.25) is 0 Å². The van der Waals surface area contributed by atoms with E-state index >= 15 is 0 Å². The number of hydrogen-bond donors (Lipinski definition) is 1. The van der Waals surface area contributed by atoms with Crippen LogP contribution in [0.3, 0.4) is 0 Å². The molecule has 0 saturated heterocycles. The number of rotatable bonds is 7. The van der Waals surface area contributed by atoms with Crippen LogP contribution in [0.4, 0.5) is 0 Å². The predicted octanol–water partition coefficient (Wildman–Crippen LogP) is 7.54. The van der Waals surface area contributed by atoms with E-state index in [0.29, 0.717) is 28.6 Å². The Bertz CT molecular complexity index is 1120. The normalized spacial score (nSPS) is 18.5. The van der Waals surface area contributed by atoms with Crippen LogP contribution < -0.4 is 0 Å². The lowest BCUT2D eigenvalue weighted by Crippen LogP contribution is -2.29. The molecule has 2 atom stereocenters. The van der Waals surface area contributed by atoms with Crippen molar-refractivity contribution in [2.24, 2.45) is 5.92 Å². The quantitative estimate of drug-likeness (QED) is 0.351. The maximum Gasteiger partial charge on any atom is 0.348 e. The molecule has 4 rings (SSSR count). The molecule has 1 N–H and O–H groups in total. The fourth-order valence-electron chi connectivity index (χ4n) is 3.78. The highest BCUT2D eigenvalue weighted by Crippen LogP contribution is 2.43. The zero-order valence-electron chi connectivity index (χ0n) is 17.2. The van der Waals surface area contributed by atoms with Gasteiger partial charge in [-0.2, -0.15) is 0 Å². The van der Waals surface area contributed by atoms with E-state index in [4.69, 9.17) is 27.9 Å². The number of esters is 1. The zero-order valence-corrected chi connectivity index (χ0v) is 19.5. The molecule has 0 saturated carbocycles. The summed E-state index contributed by atoms with van der Waals surface area (Å²) in [6, 6.07) is 24.9. The van der Waals surface area contributed by atoms with Gasteiger partial charge in [0, 0.05) is 5.75 Å². The Hall–Kier alpha value is -2.40. The van der Waals surface area contributed by atoms with E-state index in [9.17, 15) is 9.90 Å². The molecular formula is C26H22Cl2O3S. The molecule has 1 aliphatic heterocycles. The molecule has 0 radical (unpaired) electrons. The lowest BCUT2D eigenvalue weighted by atomic mass is 9.87. The third-order valence-corrected chi connectivity index (χ3v) is 7.33. The van der Waals surface area contributed by atoms with Gasteiger partial charge in [-0.1, -0.05) is 89.9 Å². The zero-order chi connectivity index (χ0) is 22.5. The van der Waals surface area contributed by atoms with E-state index < -0.39 is 12.1 Å². The second-order valence-electron chi connectivity index (χ2n) is 7.62. The minimum atomic E-state index is -0.549. The number of aliphatic hydroxyl groups is 1. The highest BCUT2D eigenvalue weighted by molar-refractivity contribution is 8.03. The van der Waals surface area contributed by atoms with Crippen molar-refractivity contribution in [1.29, 1.82) is 0 Å². The highest BCUT2D eigenvalue weighted by atomic mass is 35.5. The van der Waals surface area contributed by atoms with E-state index in [1.165, 1.54) is 11.8 Å². The second kappa shape index (κ2) is 10.5. The number of halogens is 2. The van der Waals surface area contributed by atoms with E-state index in [0.717, 1.165) is 16.7 Å². The molecule has 1 aliphatic rings. The van der Waals surface area contributed by atoms with Gasteiger partial charge in [-0.25, -0.2) is 4.79 Å². The standard InChI is InChI=1S/C26H22Cl2O3S/c27-21-14-12-17(15-22(21)28)11-13-20-23(29)25(32-16-18-7-3-1-4-8-18)26(30)31-24(20)19-9-5-2-6-10-19/h1-10,12,14-15,20,24,29H,11,13,16H2. The number of aryl methyl sites for hydroxylation is 1. The van der Waals surface area contributed by atoms with E-state index in [1.54, 1.807) is 6.07 Å². The van der Waals surface area contributed by atoms with Gasteiger partial charge in [0.1, 0.15) is 16.8 Å². The molecule has 0 aromatic heterocycles. The minimum Gasteiger partial charge on any atom is -0.510 e. The van der Waals surface area contributed by atoms with Crippen LogP contribution in [-0.2, 0) is 21.7 Å². The van der Waals surface area contributed by atoms with Crippen LogP contribution in [0, 0.1) is 5.92 Å². The van der Waals surface area contributed by atoms with Gasteiger partial charge in [0.25, 0.3) is 0 Å². The lowest BCUT2D eigenvalue weighted by Gasteiger charge is -2.32. The van der Waals surface area contributed by atoms with Crippen LogP contribution in [-0.4, -0.2) is 11.1 Å². The summed E-state index contributed by atoms with van der Waals surface area (Å²) in [5.74, 6) is -0.174. The number of ether oxygens (including phenoxy) is 1. The van der Waals surface area contributed by atoms with E-state index in [-0.39, 0.29) is 16.6 Å². The smallest absolute Gasteiger partial charge is 0.348 e. The van der Waals surface area contributed by atoms with Crippen LogP contribution in [0.25, 0.3) is 0 Å². The SMILES string of the molecule is O=C1OC(c2ccccc2)C(CCc2ccc(Cl)c(Cl)c2)C(O)=C1SCc1ccccc1. The fraction of sp³-hybridized carbons (Fsp3) is 0.192. The molecule has 0 spiro atoms. The fourth-order valence-corrected chi connectivity index (χ4v) is 5.07. The van der Waals surface area contributed by atoms with Crippen molar-refractivity contribution in [3.63, 3.8) is 0 Å². The third kappa shape index (κ3) is 5.32. The van der Waals surface area contributed by atoms with Gasteiger partial charge in [-0.05, 0) is 41.7 Å². The summed E-state index contributed by atoms with van der Waals surface area (Å²) in [4.78, 5) is 13.1. The van der Waals surface area contributed by atoms with Crippen LogP contribution in [0.5, 0.6) is 0 Å². The first-order valence-corrected chi connectivity index (χ1v) is 12.1. The summed E-state index contributed by atoms with van der Waals surface area (Å²) in [5, 5.41) is 12.2. The number of hydrogen-bond acceptors (Lipinski definition) is 4. The molecule has 3 aromatic rings. The molecule has 0 fully saturated rings. The van der Waals surface area contributed by atoms with Gasteiger partial charge >= 0.3 is 5.97 Å². The maximum atomic E-state index is 12.8. The van der Waals surface area contributed by atoms with Gasteiger partial charge in [0.2, 0.25) is 0 Å². The summed E-state index contributed by atoms with van der Waals surface area (Å²) >= 11 is 13.5. The van der Waals surface area contributed by atoms with Crippen molar-refractivity contribution in [2.45, 2.75) is 24.7 Å². The molecule has 0 aliphatic carbocycles. The summed E-state index contributed by atoms with van der Waals surface area (Å²) in [5.41, 5.74) is 2.94. The monoisotopic (exact) mass is 484 g/mol. The molecule has 3 nitrogen and oxygen atoms in total. The summed E-state index contributed by atoms with van der Waals surface area (Å²) < 4.78 is 5.86. The van der Waals surface area contributed by atoms with Crippen molar-refractivity contribution < 1.29 is 14.6 Å². The number of cyclic esters (lactones) is 1. The van der Waals surface area contributed by atoms with E-state index in [1.807, 2.05) is 72.8 Å². The average molecular weight is 485 g/mol. The van der Waals surface area contributed by atoms with Crippen LogP contribution >= 0.6 is 35.0 Å². The highest BCUT2D eigenvalue weighted by Gasteiger charge is 2.39. The van der Waals surface area contributed by atoms with Crippen LogP contribution in [0.1, 0.15) is 29.2 Å². The number of carbonyl (C=O) groups excluding carboxylic acids is 1. The Morgan fingerprint density at radius 3 is 2.25 bits per heavy atom. The van der Waals surface area contributed by atoms with Crippen molar-refractivity contribution in [1.82, 2.24) is 0 Å². The number of carbonyl (C=O) groups is 1. The Morgan fingerprint density at radius 1 is 0.875 bits per heavy atom. The first-order valence-electron chi connectivity index (χ1n) is 10.3.